The van der Waals surface area contributed by atoms with Crippen LogP contribution >= 0.6 is 0 Å². The number of rotatable bonds is 6. The first kappa shape index (κ1) is 14.3. The third-order valence-electron chi connectivity index (χ3n) is 2.61. The molecule has 0 spiro atoms. The zero-order chi connectivity index (χ0) is 13.7. The summed E-state index contributed by atoms with van der Waals surface area (Å²) in [6.45, 7) is 6.41. The summed E-state index contributed by atoms with van der Waals surface area (Å²) in [5.41, 5.74) is 0.824. The maximum Gasteiger partial charge on any atom is 0.311 e. The van der Waals surface area contributed by atoms with Gasteiger partial charge in [-0.2, -0.15) is 0 Å². The number of methoxy groups -OCH3 is 1. The zero-order valence-corrected chi connectivity index (χ0v) is 11.3. The van der Waals surface area contributed by atoms with Crippen molar-refractivity contribution < 1.29 is 9.66 Å². The van der Waals surface area contributed by atoms with Crippen molar-refractivity contribution in [1.29, 1.82) is 0 Å². The molecule has 1 unspecified atom stereocenters. The van der Waals surface area contributed by atoms with E-state index in [0.29, 0.717) is 12.0 Å². The van der Waals surface area contributed by atoms with Crippen molar-refractivity contribution >= 4 is 11.4 Å². The Morgan fingerprint density at radius 2 is 2.06 bits per heavy atom. The summed E-state index contributed by atoms with van der Waals surface area (Å²) in [4.78, 5) is 10.3. The molecule has 0 aliphatic rings. The molecule has 1 atom stereocenters. The molecule has 0 saturated carbocycles. The normalized spacial score (nSPS) is 12.3. The molecule has 0 aliphatic carbocycles. The Labute approximate surface area is 107 Å². The van der Waals surface area contributed by atoms with Crippen molar-refractivity contribution in [1.82, 2.24) is 0 Å². The molecule has 18 heavy (non-hydrogen) atoms. The fourth-order valence-electron chi connectivity index (χ4n) is 1.97. The number of hydrogen-bond donors (Lipinski definition) is 1. The minimum atomic E-state index is -0.444. The summed E-state index contributed by atoms with van der Waals surface area (Å²) in [5, 5.41) is 14.1. The van der Waals surface area contributed by atoms with E-state index in [4.69, 9.17) is 4.74 Å². The van der Waals surface area contributed by atoms with E-state index in [1.165, 1.54) is 13.2 Å². The first-order valence-electron chi connectivity index (χ1n) is 6.03. The summed E-state index contributed by atoms with van der Waals surface area (Å²) in [5.74, 6) is 0.884. The molecule has 0 heterocycles. The lowest BCUT2D eigenvalue weighted by Crippen LogP contribution is -2.17. The monoisotopic (exact) mass is 252 g/mol. The Hall–Kier alpha value is -1.78. The highest BCUT2D eigenvalue weighted by Gasteiger charge is 2.15. The number of nitrogens with one attached hydrogen (secondary N) is 1. The molecular formula is C13H20N2O3. The number of ether oxygens (including phenoxy) is 1. The lowest BCUT2D eigenvalue weighted by Gasteiger charge is -2.17. The number of anilines is 1. The fraction of sp³-hybridized carbons (Fsp3) is 0.538. The predicted octanol–water partition coefficient (Wildman–Crippen LogP) is 3.45. The molecule has 5 nitrogen and oxygen atoms in total. The maximum atomic E-state index is 10.8. The van der Waals surface area contributed by atoms with Gasteiger partial charge < -0.3 is 10.1 Å². The average molecular weight is 252 g/mol. The molecule has 100 valence electrons. The van der Waals surface area contributed by atoms with Crippen LogP contribution in [0, 0.1) is 16.0 Å². The third kappa shape index (κ3) is 3.91. The molecule has 0 saturated heterocycles. The van der Waals surface area contributed by atoms with Crippen LogP contribution in [0.1, 0.15) is 27.2 Å². The van der Waals surface area contributed by atoms with Crippen LogP contribution in [-0.4, -0.2) is 18.1 Å². The molecule has 1 N–H and O–H groups in total. The van der Waals surface area contributed by atoms with E-state index in [1.807, 2.05) is 0 Å². The van der Waals surface area contributed by atoms with Crippen molar-refractivity contribution in [2.45, 2.75) is 33.2 Å². The fourth-order valence-corrected chi connectivity index (χ4v) is 1.97. The highest BCUT2D eigenvalue weighted by atomic mass is 16.6. The Bertz CT molecular complexity index is 419. The second-order valence-corrected chi connectivity index (χ2v) is 4.82. The van der Waals surface area contributed by atoms with Crippen LogP contribution in [0.5, 0.6) is 5.75 Å². The van der Waals surface area contributed by atoms with Crippen LogP contribution in [0.4, 0.5) is 11.4 Å². The second-order valence-electron chi connectivity index (χ2n) is 4.82. The quantitative estimate of drug-likeness (QED) is 0.622. The smallest absolute Gasteiger partial charge is 0.311 e. The molecule has 0 radical (unpaired) electrons. The topological polar surface area (TPSA) is 64.4 Å². The molecule has 0 amide bonds. The molecule has 0 fully saturated rings. The molecule has 1 rings (SSSR count). The van der Waals surface area contributed by atoms with Crippen LogP contribution in [-0.2, 0) is 0 Å². The molecule has 5 heteroatoms. The number of nitro benzene ring substituents is 1. The van der Waals surface area contributed by atoms with E-state index in [-0.39, 0.29) is 11.4 Å². The zero-order valence-electron chi connectivity index (χ0n) is 11.3. The maximum absolute atomic E-state index is 10.8. The van der Waals surface area contributed by atoms with E-state index in [2.05, 4.69) is 26.1 Å². The molecule has 1 aromatic rings. The van der Waals surface area contributed by atoms with Crippen molar-refractivity contribution in [2.75, 3.05) is 12.4 Å². The standard InChI is InChI=1S/C13H20N2O3/c1-9(2)7-10(3)14-11-5-6-12(15(16)17)13(8-11)18-4/h5-6,8-10,14H,7H2,1-4H3. The van der Waals surface area contributed by atoms with Crippen molar-refractivity contribution in [3.05, 3.63) is 28.3 Å². The highest BCUT2D eigenvalue weighted by molar-refractivity contribution is 5.58. The van der Waals surface area contributed by atoms with E-state index in [9.17, 15) is 10.1 Å². The Morgan fingerprint density at radius 3 is 2.56 bits per heavy atom. The Morgan fingerprint density at radius 1 is 1.39 bits per heavy atom. The lowest BCUT2D eigenvalue weighted by molar-refractivity contribution is -0.385. The van der Waals surface area contributed by atoms with Gasteiger partial charge in [-0.15, -0.1) is 0 Å². The van der Waals surface area contributed by atoms with Crippen molar-refractivity contribution in [3.63, 3.8) is 0 Å². The van der Waals surface area contributed by atoms with Gasteiger partial charge in [-0.3, -0.25) is 10.1 Å². The number of nitro groups is 1. The predicted molar refractivity (Wildman–Crippen MR) is 72.2 cm³/mol. The van der Waals surface area contributed by atoms with Gasteiger partial charge in [0.1, 0.15) is 0 Å². The Kier molecular flexibility index (Phi) is 4.95. The third-order valence-corrected chi connectivity index (χ3v) is 2.61. The largest absolute Gasteiger partial charge is 0.490 e. The van der Waals surface area contributed by atoms with Crippen LogP contribution in [0.25, 0.3) is 0 Å². The minimum absolute atomic E-state index is 0.0143. The van der Waals surface area contributed by atoms with Gasteiger partial charge in [0, 0.05) is 23.9 Å². The summed E-state index contributed by atoms with van der Waals surface area (Å²) in [6.07, 6.45) is 1.04. The van der Waals surface area contributed by atoms with Gasteiger partial charge in [-0.05, 0) is 25.3 Å². The summed E-state index contributed by atoms with van der Waals surface area (Å²) >= 11 is 0. The SMILES string of the molecule is COc1cc(NC(C)CC(C)C)ccc1[N+](=O)[O-]. The van der Waals surface area contributed by atoms with Crippen LogP contribution < -0.4 is 10.1 Å². The summed E-state index contributed by atoms with van der Waals surface area (Å²) in [7, 11) is 1.43. The van der Waals surface area contributed by atoms with Crippen LogP contribution in [0.15, 0.2) is 18.2 Å². The molecule has 0 aromatic heterocycles. The Balaban J connectivity index is 2.82. The lowest BCUT2D eigenvalue weighted by atomic mass is 10.1. The van der Waals surface area contributed by atoms with Gasteiger partial charge in [0.2, 0.25) is 0 Å². The van der Waals surface area contributed by atoms with Gasteiger partial charge in [0.25, 0.3) is 0 Å². The van der Waals surface area contributed by atoms with Crippen LogP contribution in [0.3, 0.4) is 0 Å². The van der Waals surface area contributed by atoms with Gasteiger partial charge in [0.05, 0.1) is 12.0 Å². The van der Waals surface area contributed by atoms with Gasteiger partial charge in [-0.25, -0.2) is 0 Å². The average Bonchev–Trinajstić information content (AvgIpc) is 2.27. The first-order valence-corrected chi connectivity index (χ1v) is 6.03. The second kappa shape index (κ2) is 6.23. The van der Waals surface area contributed by atoms with E-state index < -0.39 is 4.92 Å². The van der Waals surface area contributed by atoms with Crippen molar-refractivity contribution in [2.24, 2.45) is 5.92 Å². The molecule has 1 aromatic carbocycles. The van der Waals surface area contributed by atoms with E-state index in [1.54, 1.807) is 12.1 Å². The molecule has 0 aliphatic heterocycles. The number of nitrogens with zero attached hydrogens (tertiary/aromatic N) is 1. The number of hydrogen-bond acceptors (Lipinski definition) is 4. The van der Waals surface area contributed by atoms with Gasteiger partial charge >= 0.3 is 5.69 Å². The van der Waals surface area contributed by atoms with Crippen LogP contribution in [0.2, 0.25) is 0 Å². The van der Waals surface area contributed by atoms with Crippen molar-refractivity contribution in [3.8, 4) is 5.75 Å². The van der Waals surface area contributed by atoms with E-state index >= 15 is 0 Å². The summed E-state index contributed by atoms with van der Waals surface area (Å²) in [6, 6.07) is 5.14. The number of benzene rings is 1. The summed E-state index contributed by atoms with van der Waals surface area (Å²) < 4.78 is 5.03. The van der Waals surface area contributed by atoms with E-state index in [0.717, 1.165) is 12.1 Å². The first-order chi connectivity index (χ1) is 8.43. The molecule has 0 bridgehead atoms. The van der Waals surface area contributed by atoms with Gasteiger partial charge in [0.15, 0.2) is 5.75 Å². The highest BCUT2D eigenvalue weighted by Crippen LogP contribution is 2.30. The van der Waals surface area contributed by atoms with Gasteiger partial charge in [-0.1, -0.05) is 13.8 Å². The minimum Gasteiger partial charge on any atom is -0.490 e. The molecular weight excluding hydrogens is 232 g/mol.